The Hall–Kier alpha value is -2.29. The number of nitrogens with one attached hydrogen (secondary N) is 3. The molecule has 0 bridgehead atoms. The van der Waals surface area contributed by atoms with Gasteiger partial charge < -0.3 is 5.32 Å². The van der Waals surface area contributed by atoms with E-state index >= 15 is 0 Å². The maximum atomic E-state index is 12.7. The van der Waals surface area contributed by atoms with Crippen LogP contribution in [0.15, 0.2) is 23.0 Å². The summed E-state index contributed by atoms with van der Waals surface area (Å²) in [6.45, 7) is 1.51. The van der Waals surface area contributed by atoms with Crippen molar-refractivity contribution >= 4 is 17.5 Å². The first-order chi connectivity index (χ1) is 10.2. The van der Waals surface area contributed by atoms with Crippen molar-refractivity contribution in [1.82, 2.24) is 20.5 Å². The van der Waals surface area contributed by atoms with Crippen LogP contribution in [0.2, 0.25) is 5.02 Å². The van der Waals surface area contributed by atoms with Crippen LogP contribution >= 0.6 is 11.6 Å². The van der Waals surface area contributed by atoms with Crippen LogP contribution in [0.25, 0.3) is 0 Å². The predicted molar refractivity (Wildman–Crippen MR) is 71.5 cm³/mol. The Kier molecular flexibility index (Phi) is 4.27. The molecule has 1 aromatic carbocycles. The Labute approximate surface area is 126 Å². The second kappa shape index (κ2) is 5.84. The molecule has 2 rings (SSSR count). The van der Waals surface area contributed by atoms with Gasteiger partial charge in [-0.2, -0.15) is 18.3 Å². The summed E-state index contributed by atoms with van der Waals surface area (Å²) in [6, 6.07) is 1.73. The number of alkyl halides is 3. The lowest BCUT2D eigenvalue weighted by Crippen LogP contribution is -2.28. The minimum Gasteiger partial charge on any atom is -0.342 e. The fourth-order valence-corrected chi connectivity index (χ4v) is 1.91. The van der Waals surface area contributed by atoms with Gasteiger partial charge in [-0.1, -0.05) is 11.6 Å². The van der Waals surface area contributed by atoms with Crippen molar-refractivity contribution in [2.45, 2.75) is 19.1 Å². The average molecular weight is 335 g/mol. The van der Waals surface area contributed by atoms with Gasteiger partial charge in [0.2, 0.25) is 0 Å². The normalized spacial score (nSPS) is 13.0. The Morgan fingerprint density at radius 1 is 1.41 bits per heavy atom. The zero-order chi connectivity index (χ0) is 16.5. The molecule has 1 heterocycles. The number of hydrogen-bond acceptors (Lipinski definition) is 3. The molecular weight excluding hydrogens is 325 g/mol. The number of benzene rings is 1. The SMILES string of the molecule is C[C@H](NC(=O)c1cc(C(F)(F)F)ccc1Cl)c1n[nH]c(=O)[nH]1. The van der Waals surface area contributed by atoms with Crippen LogP contribution < -0.4 is 11.0 Å². The average Bonchev–Trinajstić information content (AvgIpc) is 2.84. The molecule has 118 valence electrons. The largest absolute Gasteiger partial charge is 0.416 e. The van der Waals surface area contributed by atoms with E-state index in [1.807, 2.05) is 0 Å². The van der Waals surface area contributed by atoms with Crippen molar-refractivity contribution in [2.75, 3.05) is 0 Å². The van der Waals surface area contributed by atoms with Crippen molar-refractivity contribution in [3.63, 3.8) is 0 Å². The van der Waals surface area contributed by atoms with Crippen LogP contribution in [0.4, 0.5) is 13.2 Å². The molecule has 0 unspecified atom stereocenters. The van der Waals surface area contributed by atoms with Gasteiger partial charge in [0.05, 0.1) is 22.2 Å². The van der Waals surface area contributed by atoms with E-state index in [9.17, 15) is 22.8 Å². The van der Waals surface area contributed by atoms with E-state index in [4.69, 9.17) is 11.6 Å². The van der Waals surface area contributed by atoms with Crippen LogP contribution in [0.1, 0.15) is 34.7 Å². The van der Waals surface area contributed by atoms with Gasteiger partial charge in [-0.15, -0.1) is 0 Å². The fraction of sp³-hybridized carbons (Fsp3) is 0.250. The predicted octanol–water partition coefficient (Wildman–Crippen LogP) is 2.26. The van der Waals surface area contributed by atoms with E-state index in [1.54, 1.807) is 0 Å². The van der Waals surface area contributed by atoms with Crippen LogP contribution in [0.5, 0.6) is 0 Å². The Balaban J connectivity index is 2.24. The number of carbonyl (C=O) groups is 1. The number of aromatic nitrogens is 3. The minimum absolute atomic E-state index is 0.117. The highest BCUT2D eigenvalue weighted by atomic mass is 35.5. The van der Waals surface area contributed by atoms with Crippen LogP contribution in [-0.4, -0.2) is 21.1 Å². The molecule has 0 saturated carbocycles. The molecule has 0 aliphatic rings. The fourth-order valence-electron chi connectivity index (χ4n) is 1.71. The van der Waals surface area contributed by atoms with Gasteiger partial charge in [0.15, 0.2) is 5.82 Å². The smallest absolute Gasteiger partial charge is 0.342 e. The number of carbonyl (C=O) groups excluding carboxylic acids is 1. The quantitative estimate of drug-likeness (QED) is 0.804. The number of halogens is 4. The van der Waals surface area contributed by atoms with Crippen molar-refractivity contribution in [2.24, 2.45) is 0 Å². The van der Waals surface area contributed by atoms with Crippen molar-refractivity contribution in [1.29, 1.82) is 0 Å². The maximum absolute atomic E-state index is 12.7. The van der Waals surface area contributed by atoms with E-state index < -0.39 is 29.4 Å². The van der Waals surface area contributed by atoms with Crippen LogP contribution in [-0.2, 0) is 6.18 Å². The lowest BCUT2D eigenvalue weighted by Gasteiger charge is -2.13. The van der Waals surface area contributed by atoms with E-state index in [-0.39, 0.29) is 16.4 Å². The minimum atomic E-state index is -4.58. The molecule has 0 fully saturated rings. The van der Waals surface area contributed by atoms with Gasteiger partial charge >= 0.3 is 11.9 Å². The van der Waals surface area contributed by atoms with E-state index in [0.29, 0.717) is 6.07 Å². The zero-order valence-electron chi connectivity index (χ0n) is 11.1. The molecule has 22 heavy (non-hydrogen) atoms. The van der Waals surface area contributed by atoms with E-state index in [2.05, 4.69) is 20.5 Å². The van der Waals surface area contributed by atoms with Crippen molar-refractivity contribution in [3.05, 3.63) is 50.7 Å². The first kappa shape index (κ1) is 16.1. The number of hydrogen-bond donors (Lipinski definition) is 3. The van der Waals surface area contributed by atoms with Gasteiger partial charge in [-0.3, -0.25) is 9.78 Å². The monoisotopic (exact) mass is 334 g/mol. The molecule has 1 atom stereocenters. The summed E-state index contributed by atoms with van der Waals surface area (Å²) in [5.41, 5.74) is -1.86. The second-order valence-electron chi connectivity index (χ2n) is 4.45. The highest BCUT2D eigenvalue weighted by Gasteiger charge is 2.31. The summed E-state index contributed by atoms with van der Waals surface area (Å²) in [5.74, 6) is -0.672. The molecule has 0 aliphatic heterocycles. The molecule has 1 amide bonds. The summed E-state index contributed by atoms with van der Waals surface area (Å²) in [4.78, 5) is 25.3. The van der Waals surface area contributed by atoms with Gasteiger partial charge in [0, 0.05) is 0 Å². The number of amides is 1. The first-order valence-corrected chi connectivity index (χ1v) is 6.38. The van der Waals surface area contributed by atoms with Gasteiger partial charge in [0.1, 0.15) is 0 Å². The summed E-state index contributed by atoms with van der Waals surface area (Å²) < 4.78 is 38.0. The number of aromatic amines is 2. The topological polar surface area (TPSA) is 90.6 Å². The standard InChI is InChI=1S/C12H10ClF3N4O2/c1-5(9-18-11(22)20-19-9)17-10(21)7-4-6(12(14,15)16)2-3-8(7)13/h2-5H,1H3,(H,17,21)(H2,18,19,20,22)/t5-/m0/s1. The Bertz CT molecular complexity index is 753. The van der Waals surface area contributed by atoms with Gasteiger partial charge in [-0.25, -0.2) is 9.89 Å². The molecule has 0 radical (unpaired) electrons. The van der Waals surface area contributed by atoms with Crippen molar-refractivity contribution in [3.8, 4) is 0 Å². The summed E-state index contributed by atoms with van der Waals surface area (Å²) in [5, 5.41) is 8.02. The Morgan fingerprint density at radius 3 is 2.64 bits per heavy atom. The number of nitrogens with zero attached hydrogens (tertiary/aromatic N) is 1. The van der Waals surface area contributed by atoms with Crippen LogP contribution in [0, 0.1) is 0 Å². The number of H-pyrrole nitrogens is 2. The lowest BCUT2D eigenvalue weighted by molar-refractivity contribution is -0.137. The second-order valence-corrected chi connectivity index (χ2v) is 4.86. The maximum Gasteiger partial charge on any atom is 0.416 e. The third kappa shape index (κ3) is 3.48. The summed E-state index contributed by atoms with van der Waals surface area (Å²) >= 11 is 5.77. The molecule has 2 aromatic rings. The molecule has 1 aromatic heterocycles. The van der Waals surface area contributed by atoms with Gasteiger partial charge in [0.25, 0.3) is 5.91 Å². The van der Waals surface area contributed by atoms with Crippen molar-refractivity contribution < 1.29 is 18.0 Å². The number of rotatable bonds is 3. The molecular formula is C12H10ClF3N4O2. The van der Waals surface area contributed by atoms with E-state index in [1.165, 1.54) is 6.92 Å². The Morgan fingerprint density at radius 2 is 2.09 bits per heavy atom. The molecule has 3 N–H and O–H groups in total. The molecule has 0 saturated heterocycles. The molecule has 0 aliphatic carbocycles. The molecule has 6 nitrogen and oxygen atoms in total. The van der Waals surface area contributed by atoms with Gasteiger partial charge in [-0.05, 0) is 25.1 Å². The van der Waals surface area contributed by atoms with Crippen LogP contribution in [0.3, 0.4) is 0 Å². The first-order valence-electron chi connectivity index (χ1n) is 6.00. The highest BCUT2D eigenvalue weighted by Crippen LogP contribution is 2.31. The third-order valence-corrected chi connectivity index (χ3v) is 3.15. The zero-order valence-corrected chi connectivity index (χ0v) is 11.8. The molecule has 0 spiro atoms. The third-order valence-electron chi connectivity index (χ3n) is 2.82. The highest BCUT2D eigenvalue weighted by molar-refractivity contribution is 6.33. The van der Waals surface area contributed by atoms with E-state index in [0.717, 1.165) is 12.1 Å². The summed E-state index contributed by atoms with van der Waals surface area (Å²) in [6.07, 6.45) is -4.58. The summed E-state index contributed by atoms with van der Waals surface area (Å²) in [7, 11) is 0. The lowest BCUT2D eigenvalue weighted by atomic mass is 10.1. The molecule has 10 heteroatoms.